The number of thiocarbonyl (C=S) groups is 1. The van der Waals surface area contributed by atoms with Crippen LogP contribution < -0.4 is 15.2 Å². The van der Waals surface area contributed by atoms with Crippen LogP contribution >= 0.6 is 12.2 Å². The molecule has 0 radical (unpaired) electrons. The summed E-state index contributed by atoms with van der Waals surface area (Å²) in [5, 5.41) is 0. The molecule has 0 aliphatic carbocycles. The first-order valence-corrected chi connectivity index (χ1v) is 4.83. The van der Waals surface area contributed by atoms with Crippen molar-refractivity contribution >= 4 is 17.2 Å². The predicted molar refractivity (Wildman–Crippen MR) is 57.7 cm³/mol. The molecule has 0 unspecified atom stereocenters. The lowest BCUT2D eigenvalue weighted by molar-refractivity contribution is 0.174. The largest absolute Gasteiger partial charge is 0.454 e. The molecule has 4 heteroatoms. The Balaban J connectivity index is 2.09. The SMILES string of the molecule is NC(=S)CCc1ccc2c(c1)OCO2. The molecule has 3 nitrogen and oxygen atoms in total. The van der Waals surface area contributed by atoms with Crippen molar-refractivity contribution in [3.05, 3.63) is 23.8 Å². The van der Waals surface area contributed by atoms with Gasteiger partial charge in [0.15, 0.2) is 11.5 Å². The second-order valence-corrected chi connectivity index (χ2v) is 3.68. The van der Waals surface area contributed by atoms with Crippen LogP contribution in [0, 0.1) is 0 Å². The average molecular weight is 209 g/mol. The Bertz CT molecular complexity index is 365. The highest BCUT2D eigenvalue weighted by atomic mass is 32.1. The number of hydrogen-bond donors (Lipinski definition) is 1. The first-order valence-electron chi connectivity index (χ1n) is 4.42. The van der Waals surface area contributed by atoms with Gasteiger partial charge in [-0.1, -0.05) is 18.3 Å². The highest BCUT2D eigenvalue weighted by molar-refractivity contribution is 7.80. The van der Waals surface area contributed by atoms with Crippen molar-refractivity contribution in [1.29, 1.82) is 0 Å². The molecule has 0 spiro atoms. The second-order valence-electron chi connectivity index (χ2n) is 3.15. The summed E-state index contributed by atoms with van der Waals surface area (Å²) < 4.78 is 10.5. The van der Waals surface area contributed by atoms with E-state index in [1.807, 2.05) is 18.2 Å². The minimum absolute atomic E-state index is 0.314. The Labute approximate surface area is 87.8 Å². The number of ether oxygens (including phenoxy) is 2. The van der Waals surface area contributed by atoms with Gasteiger partial charge >= 0.3 is 0 Å². The van der Waals surface area contributed by atoms with Gasteiger partial charge in [-0.05, 0) is 24.1 Å². The average Bonchev–Trinajstić information content (AvgIpc) is 2.61. The van der Waals surface area contributed by atoms with Crippen molar-refractivity contribution < 1.29 is 9.47 Å². The topological polar surface area (TPSA) is 44.5 Å². The Kier molecular flexibility index (Phi) is 2.54. The van der Waals surface area contributed by atoms with Crippen LogP contribution in [0.25, 0.3) is 0 Å². The second kappa shape index (κ2) is 3.84. The lowest BCUT2D eigenvalue weighted by Crippen LogP contribution is -2.08. The van der Waals surface area contributed by atoms with Gasteiger partial charge in [-0.2, -0.15) is 0 Å². The zero-order valence-electron chi connectivity index (χ0n) is 7.66. The highest BCUT2D eigenvalue weighted by Gasteiger charge is 2.12. The van der Waals surface area contributed by atoms with Crippen LogP contribution in [0.1, 0.15) is 12.0 Å². The van der Waals surface area contributed by atoms with Gasteiger partial charge in [0.05, 0.1) is 4.99 Å². The van der Waals surface area contributed by atoms with E-state index in [0.717, 1.165) is 24.3 Å². The molecule has 2 N–H and O–H groups in total. The monoisotopic (exact) mass is 209 g/mol. The summed E-state index contributed by atoms with van der Waals surface area (Å²) >= 11 is 4.82. The molecule has 0 fully saturated rings. The summed E-state index contributed by atoms with van der Waals surface area (Å²) in [5.74, 6) is 1.62. The summed E-state index contributed by atoms with van der Waals surface area (Å²) in [6.45, 7) is 0.314. The van der Waals surface area contributed by atoms with Crippen molar-refractivity contribution in [2.24, 2.45) is 5.73 Å². The van der Waals surface area contributed by atoms with Crippen molar-refractivity contribution in [3.63, 3.8) is 0 Å². The third-order valence-electron chi connectivity index (χ3n) is 2.10. The van der Waals surface area contributed by atoms with E-state index in [4.69, 9.17) is 27.4 Å². The van der Waals surface area contributed by atoms with E-state index >= 15 is 0 Å². The standard InChI is InChI=1S/C10H11NO2S/c11-10(14)4-2-7-1-3-8-9(5-7)13-6-12-8/h1,3,5H,2,4,6H2,(H2,11,14). The molecule has 1 aliphatic heterocycles. The third-order valence-corrected chi connectivity index (χ3v) is 2.30. The number of fused-ring (bicyclic) bond motifs is 1. The molecule has 74 valence electrons. The number of nitrogens with two attached hydrogens (primary N) is 1. The van der Waals surface area contributed by atoms with Crippen LogP contribution in [-0.4, -0.2) is 11.8 Å². The maximum absolute atomic E-state index is 5.43. The summed E-state index contributed by atoms with van der Waals surface area (Å²) in [6.07, 6.45) is 1.58. The molecular formula is C10H11NO2S. The summed E-state index contributed by atoms with van der Waals surface area (Å²) in [7, 11) is 0. The van der Waals surface area contributed by atoms with Crippen LogP contribution in [0.4, 0.5) is 0 Å². The zero-order chi connectivity index (χ0) is 9.97. The number of rotatable bonds is 3. The molecule has 0 aromatic heterocycles. The zero-order valence-corrected chi connectivity index (χ0v) is 8.47. The van der Waals surface area contributed by atoms with Gasteiger partial charge in [0, 0.05) is 6.42 Å². The molecule has 0 bridgehead atoms. The Hall–Kier alpha value is -1.29. The highest BCUT2D eigenvalue weighted by Crippen LogP contribution is 2.32. The van der Waals surface area contributed by atoms with E-state index in [2.05, 4.69) is 0 Å². The van der Waals surface area contributed by atoms with E-state index in [0.29, 0.717) is 11.8 Å². The van der Waals surface area contributed by atoms with Gasteiger partial charge < -0.3 is 15.2 Å². The maximum Gasteiger partial charge on any atom is 0.231 e. The van der Waals surface area contributed by atoms with Gasteiger partial charge in [-0.25, -0.2) is 0 Å². The summed E-state index contributed by atoms with van der Waals surface area (Å²) in [4.78, 5) is 0.544. The number of benzene rings is 1. The summed E-state index contributed by atoms with van der Waals surface area (Å²) in [5.41, 5.74) is 6.60. The van der Waals surface area contributed by atoms with Crippen LogP contribution in [-0.2, 0) is 6.42 Å². The molecule has 0 atom stereocenters. The first kappa shape index (κ1) is 9.27. The van der Waals surface area contributed by atoms with E-state index in [9.17, 15) is 0 Å². The van der Waals surface area contributed by atoms with E-state index in [1.54, 1.807) is 0 Å². The van der Waals surface area contributed by atoms with E-state index in [1.165, 1.54) is 5.56 Å². The van der Waals surface area contributed by atoms with Crippen molar-refractivity contribution in [3.8, 4) is 11.5 Å². The normalized spacial score (nSPS) is 12.9. The van der Waals surface area contributed by atoms with Crippen molar-refractivity contribution in [2.75, 3.05) is 6.79 Å². The Morgan fingerprint density at radius 1 is 1.36 bits per heavy atom. The Morgan fingerprint density at radius 3 is 2.93 bits per heavy atom. The van der Waals surface area contributed by atoms with Crippen LogP contribution in [0.2, 0.25) is 0 Å². The molecule has 0 saturated carbocycles. The first-order chi connectivity index (χ1) is 6.75. The smallest absolute Gasteiger partial charge is 0.231 e. The molecule has 1 aromatic rings. The molecule has 1 aliphatic rings. The fourth-order valence-electron chi connectivity index (χ4n) is 1.36. The van der Waals surface area contributed by atoms with Gasteiger partial charge in [-0.15, -0.1) is 0 Å². The van der Waals surface area contributed by atoms with E-state index in [-0.39, 0.29) is 0 Å². The fourth-order valence-corrected chi connectivity index (χ4v) is 1.47. The van der Waals surface area contributed by atoms with Crippen molar-refractivity contribution in [1.82, 2.24) is 0 Å². The van der Waals surface area contributed by atoms with Crippen molar-refractivity contribution in [2.45, 2.75) is 12.8 Å². The van der Waals surface area contributed by atoms with Crippen LogP contribution in [0.5, 0.6) is 11.5 Å². The predicted octanol–water partition coefficient (Wildman–Crippen LogP) is 1.63. The van der Waals surface area contributed by atoms with Crippen LogP contribution in [0.3, 0.4) is 0 Å². The minimum atomic E-state index is 0.314. The lowest BCUT2D eigenvalue weighted by atomic mass is 10.1. The quantitative estimate of drug-likeness (QED) is 0.768. The van der Waals surface area contributed by atoms with Gasteiger partial charge in [0.2, 0.25) is 6.79 Å². The molecule has 1 aromatic carbocycles. The van der Waals surface area contributed by atoms with Gasteiger partial charge in [0.25, 0.3) is 0 Å². The molecule has 0 amide bonds. The summed E-state index contributed by atoms with van der Waals surface area (Å²) in [6, 6.07) is 5.89. The minimum Gasteiger partial charge on any atom is -0.454 e. The molecule has 1 heterocycles. The molecule has 0 saturated heterocycles. The third kappa shape index (κ3) is 1.96. The molecule has 2 rings (SSSR count). The fraction of sp³-hybridized carbons (Fsp3) is 0.300. The van der Waals surface area contributed by atoms with E-state index < -0.39 is 0 Å². The van der Waals surface area contributed by atoms with Gasteiger partial charge in [-0.3, -0.25) is 0 Å². The number of hydrogen-bond acceptors (Lipinski definition) is 3. The Morgan fingerprint density at radius 2 is 2.14 bits per heavy atom. The van der Waals surface area contributed by atoms with Crippen LogP contribution in [0.15, 0.2) is 18.2 Å². The maximum atomic E-state index is 5.43. The lowest BCUT2D eigenvalue weighted by Gasteiger charge is -2.01. The number of aryl methyl sites for hydroxylation is 1. The molecular weight excluding hydrogens is 198 g/mol. The van der Waals surface area contributed by atoms with Gasteiger partial charge in [0.1, 0.15) is 0 Å². The molecule has 14 heavy (non-hydrogen) atoms.